The number of hydrogen-bond donors (Lipinski definition) is 2. The van der Waals surface area contributed by atoms with Crippen LogP contribution in [0.25, 0.3) is 0 Å². The summed E-state index contributed by atoms with van der Waals surface area (Å²) < 4.78 is 36.9. The Balaban J connectivity index is 0.00000338. The number of benzene rings is 2. The lowest BCUT2D eigenvalue weighted by molar-refractivity contribution is 0.242. The molecule has 0 unspecified atom stereocenters. The van der Waals surface area contributed by atoms with E-state index in [4.69, 9.17) is 15.2 Å². The average molecular weight is 477 g/mol. The average Bonchev–Trinajstić information content (AvgIpc) is 2.54. The molecule has 5 nitrogen and oxygen atoms in total. The van der Waals surface area contributed by atoms with Crippen molar-refractivity contribution in [3.8, 4) is 11.5 Å². The summed E-state index contributed by atoms with van der Waals surface area (Å²) >= 11 is 0. The van der Waals surface area contributed by atoms with E-state index >= 15 is 0 Å². The zero-order chi connectivity index (χ0) is 18.2. The molecule has 2 rings (SSSR count). The predicted octanol–water partition coefficient (Wildman–Crippen LogP) is 4.18. The fourth-order valence-electron chi connectivity index (χ4n) is 1.99. The number of rotatable bonds is 7. The quantitative estimate of drug-likeness (QED) is 0.272. The summed E-state index contributed by atoms with van der Waals surface area (Å²) in [7, 11) is 0. The van der Waals surface area contributed by atoms with Crippen molar-refractivity contribution in [3.05, 3.63) is 54.1 Å². The largest absolute Gasteiger partial charge is 0.491 e. The van der Waals surface area contributed by atoms with Gasteiger partial charge in [-0.15, -0.1) is 24.0 Å². The molecule has 142 valence electrons. The van der Waals surface area contributed by atoms with Crippen molar-refractivity contribution in [1.29, 1.82) is 0 Å². The van der Waals surface area contributed by atoms with Crippen LogP contribution in [0.5, 0.6) is 11.5 Å². The molecule has 0 aromatic heterocycles. The lowest BCUT2D eigenvalue weighted by Gasteiger charge is -2.11. The second kappa shape index (κ2) is 10.8. The van der Waals surface area contributed by atoms with Crippen LogP contribution < -0.4 is 20.5 Å². The molecule has 0 amide bonds. The molecule has 8 heteroatoms. The summed E-state index contributed by atoms with van der Waals surface area (Å²) in [5.74, 6) is -0.449. The van der Waals surface area contributed by atoms with Crippen LogP contribution in [-0.4, -0.2) is 25.2 Å². The zero-order valence-corrected chi connectivity index (χ0v) is 16.9. The maximum absolute atomic E-state index is 13.4. The number of ether oxygens (including phenoxy) is 2. The number of halogens is 3. The minimum atomic E-state index is -0.751. The summed E-state index contributed by atoms with van der Waals surface area (Å²) in [6.45, 7) is 4.25. The molecule has 0 saturated carbocycles. The topological polar surface area (TPSA) is 68.9 Å². The predicted molar refractivity (Wildman–Crippen MR) is 110 cm³/mol. The summed E-state index contributed by atoms with van der Waals surface area (Å²) in [5.41, 5.74) is 6.55. The standard InChI is InChI=1S/C18H21F2N3O2.HI/c1-12(2)25-15-6-4-14(5-7-15)23-18(21)22-9-10-24-17-8-3-13(19)11-16(17)20;/h3-8,11-12H,9-10H2,1-2H3,(H3,21,22,23);1H. The molecule has 2 aromatic carbocycles. The number of nitrogens with zero attached hydrogens (tertiary/aromatic N) is 1. The second-order valence-electron chi connectivity index (χ2n) is 5.51. The number of nitrogens with one attached hydrogen (secondary N) is 1. The Labute approximate surface area is 168 Å². The summed E-state index contributed by atoms with van der Waals surface area (Å²) in [6, 6.07) is 10.4. The van der Waals surface area contributed by atoms with Crippen LogP contribution in [0.2, 0.25) is 0 Å². The normalized spacial score (nSPS) is 11.0. The number of anilines is 1. The van der Waals surface area contributed by atoms with Gasteiger partial charge in [0.05, 0.1) is 12.6 Å². The van der Waals surface area contributed by atoms with Crippen molar-refractivity contribution in [2.24, 2.45) is 10.7 Å². The zero-order valence-electron chi connectivity index (χ0n) is 14.5. The number of aliphatic imine (C=N–C) groups is 1. The Bertz CT molecular complexity index is 725. The monoisotopic (exact) mass is 477 g/mol. The molecule has 26 heavy (non-hydrogen) atoms. The highest BCUT2D eigenvalue weighted by atomic mass is 127. The van der Waals surface area contributed by atoms with E-state index in [9.17, 15) is 8.78 Å². The van der Waals surface area contributed by atoms with Crippen molar-refractivity contribution in [2.75, 3.05) is 18.5 Å². The molecule has 0 aliphatic rings. The van der Waals surface area contributed by atoms with Gasteiger partial charge in [0.2, 0.25) is 0 Å². The number of hydrogen-bond acceptors (Lipinski definition) is 3. The van der Waals surface area contributed by atoms with E-state index < -0.39 is 11.6 Å². The first-order chi connectivity index (χ1) is 11.9. The third-order valence-electron chi connectivity index (χ3n) is 3.02. The minimum absolute atomic E-state index is 0. The van der Waals surface area contributed by atoms with Crippen LogP contribution in [0.1, 0.15) is 13.8 Å². The van der Waals surface area contributed by atoms with Gasteiger partial charge < -0.3 is 20.5 Å². The molecular formula is C18H22F2IN3O2. The molecule has 0 heterocycles. The Morgan fingerprint density at radius 2 is 1.85 bits per heavy atom. The molecule has 0 aliphatic carbocycles. The van der Waals surface area contributed by atoms with Gasteiger partial charge in [0.25, 0.3) is 0 Å². The van der Waals surface area contributed by atoms with E-state index in [1.54, 1.807) is 0 Å². The van der Waals surface area contributed by atoms with E-state index in [1.807, 2.05) is 38.1 Å². The molecule has 0 saturated heterocycles. The second-order valence-corrected chi connectivity index (χ2v) is 5.51. The molecule has 0 spiro atoms. The van der Waals surface area contributed by atoms with Gasteiger partial charge in [0.15, 0.2) is 17.5 Å². The van der Waals surface area contributed by atoms with Crippen molar-refractivity contribution in [3.63, 3.8) is 0 Å². The third-order valence-corrected chi connectivity index (χ3v) is 3.02. The first-order valence-electron chi connectivity index (χ1n) is 7.85. The molecule has 0 atom stereocenters. The molecule has 0 bridgehead atoms. The highest BCUT2D eigenvalue weighted by Gasteiger charge is 2.04. The van der Waals surface area contributed by atoms with Gasteiger partial charge >= 0.3 is 0 Å². The van der Waals surface area contributed by atoms with Crippen LogP contribution in [0.15, 0.2) is 47.5 Å². The highest BCUT2D eigenvalue weighted by molar-refractivity contribution is 14.0. The fourth-order valence-corrected chi connectivity index (χ4v) is 1.99. The van der Waals surface area contributed by atoms with Crippen LogP contribution in [0, 0.1) is 11.6 Å². The van der Waals surface area contributed by atoms with Crippen molar-refractivity contribution < 1.29 is 18.3 Å². The lowest BCUT2D eigenvalue weighted by Crippen LogP contribution is -2.23. The number of guanidine groups is 1. The van der Waals surface area contributed by atoms with Crippen LogP contribution in [0.3, 0.4) is 0 Å². The smallest absolute Gasteiger partial charge is 0.193 e. The molecular weight excluding hydrogens is 455 g/mol. The SMILES string of the molecule is CC(C)Oc1ccc(NC(N)=NCCOc2ccc(F)cc2F)cc1.I. The van der Waals surface area contributed by atoms with Gasteiger partial charge in [-0.05, 0) is 50.2 Å². The van der Waals surface area contributed by atoms with Gasteiger partial charge in [-0.1, -0.05) is 0 Å². The highest BCUT2D eigenvalue weighted by Crippen LogP contribution is 2.18. The van der Waals surface area contributed by atoms with E-state index in [-0.39, 0.29) is 54.9 Å². The maximum atomic E-state index is 13.4. The van der Waals surface area contributed by atoms with Crippen LogP contribution in [0.4, 0.5) is 14.5 Å². The Morgan fingerprint density at radius 3 is 2.46 bits per heavy atom. The van der Waals surface area contributed by atoms with Crippen molar-refractivity contribution >= 4 is 35.6 Å². The summed E-state index contributed by atoms with van der Waals surface area (Å²) in [6.07, 6.45) is 0.108. The third kappa shape index (κ3) is 7.42. The Hall–Kier alpha value is -2.10. The molecule has 2 aromatic rings. The van der Waals surface area contributed by atoms with Gasteiger partial charge in [0, 0.05) is 11.8 Å². The fraction of sp³-hybridized carbons (Fsp3) is 0.278. The van der Waals surface area contributed by atoms with Gasteiger partial charge in [-0.3, -0.25) is 0 Å². The van der Waals surface area contributed by atoms with Gasteiger partial charge in [0.1, 0.15) is 18.2 Å². The first-order valence-corrected chi connectivity index (χ1v) is 7.85. The Kier molecular flexibility index (Phi) is 9.11. The van der Waals surface area contributed by atoms with Crippen molar-refractivity contribution in [1.82, 2.24) is 0 Å². The van der Waals surface area contributed by atoms with Crippen LogP contribution >= 0.6 is 24.0 Å². The summed E-state index contributed by atoms with van der Waals surface area (Å²) in [5, 5.41) is 2.93. The molecule has 0 fully saturated rings. The van der Waals surface area contributed by atoms with E-state index in [1.165, 1.54) is 6.07 Å². The van der Waals surface area contributed by atoms with Gasteiger partial charge in [-0.25, -0.2) is 13.8 Å². The molecule has 0 aliphatic heterocycles. The Morgan fingerprint density at radius 1 is 1.15 bits per heavy atom. The minimum Gasteiger partial charge on any atom is -0.491 e. The van der Waals surface area contributed by atoms with Gasteiger partial charge in [-0.2, -0.15) is 0 Å². The first kappa shape index (κ1) is 21.9. The molecule has 0 radical (unpaired) electrons. The van der Waals surface area contributed by atoms with E-state index in [0.717, 1.165) is 23.6 Å². The number of nitrogens with two attached hydrogens (primary N) is 1. The summed E-state index contributed by atoms with van der Waals surface area (Å²) in [4.78, 5) is 4.08. The molecule has 3 N–H and O–H groups in total. The van der Waals surface area contributed by atoms with E-state index in [0.29, 0.717) is 0 Å². The van der Waals surface area contributed by atoms with Crippen molar-refractivity contribution in [2.45, 2.75) is 20.0 Å². The maximum Gasteiger partial charge on any atom is 0.193 e. The van der Waals surface area contributed by atoms with E-state index in [2.05, 4.69) is 10.3 Å². The lowest BCUT2D eigenvalue weighted by atomic mass is 10.3. The van der Waals surface area contributed by atoms with Crippen LogP contribution in [-0.2, 0) is 0 Å².